The number of phenolic OH excluding ortho intramolecular Hbond substituents is 1. The molecule has 7 N–H and O–H groups in total. The van der Waals surface area contributed by atoms with Crippen molar-refractivity contribution in [3.63, 3.8) is 0 Å². The van der Waals surface area contributed by atoms with Gasteiger partial charge in [0.15, 0.2) is 0 Å². The molecular weight excluding hydrogens is 464 g/mol. The zero-order chi connectivity index (χ0) is 26.8. The molecule has 0 aliphatic carbocycles. The summed E-state index contributed by atoms with van der Waals surface area (Å²) in [4.78, 5) is 50.2. The van der Waals surface area contributed by atoms with Gasteiger partial charge in [-0.1, -0.05) is 56.3 Å². The van der Waals surface area contributed by atoms with E-state index in [-0.39, 0.29) is 24.5 Å². The lowest BCUT2D eigenvalue weighted by Crippen LogP contribution is -2.58. The number of carbonyl (C=O) groups is 4. The second-order valence-corrected chi connectivity index (χ2v) is 9.02. The van der Waals surface area contributed by atoms with Crippen molar-refractivity contribution in [1.82, 2.24) is 16.0 Å². The molecule has 0 aromatic heterocycles. The number of hydrogen-bond acceptors (Lipinski definition) is 6. The molecule has 10 heteroatoms. The molecule has 0 fully saturated rings. The van der Waals surface area contributed by atoms with E-state index in [2.05, 4.69) is 16.0 Å². The Bertz CT molecular complexity index is 1040. The largest absolute Gasteiger partial charge is 0.508 e. The molecule has 0 saturated heterocycles. The van der Waals surface area contributed by atoms with E-state index in [1.54, 1.807) is 38.1 Å². The minimum Gasteiger partial charge on any atom is -0.508 e. The number of phenols is 1. The predicted octanol–water partition coefficient (Wildman–Crippen LogP) is 0.720. The van der Waals surface area contributed by atoms with E-state index >= 15 is 0 Å². The average molecular weight is 499 g/mol. The first kappa shape index (κ1) is 28.3. The van der Waals surface area contributed by atoms with E-state index in [0.29, 0.717) is 5.56 Å². The van der Waals surface area contributed by atoms with Crippen LogP contribution >= 0.6 is 0 Å². The minimum absolute atomic E-state index is 0.0295. The molecule has 2 aromatic carbocycles. The third-order valence-electron chi connectivity index (χ3n) is 5.67. The van der Waals surface area contributed by atoms with Gasteiger partial charge >= 0.3 is 5.97 Å². The van der Waals surface area contributed by atoms with Crippen LogP contribution in [0.25, 0.3) is 0 Å². The van der Waals surface area contributed by atoms with E-state index in [0.717, 1.165) is 5.56 Å². The van der Waals surface area contributed by atoms with Crippen LogP contribution in [-0.4, -0.2) is 58.1 Å². The summed E-state index contributed by atoms with van der Waals surface area (Å²) in [5, 5.41) is 26.4. The Morgan fingerprint density at radius 1 is 0.750 bits per heavy atom. The van der Waals surface area contributed by atoms with Crippen LogP contribution in [0.5, 0.6) is 5.75 Å². The highest BCUT2D eigenvalue weighted by Crippen LogP contribution is 2.12. The number of carboxylic acid groups (broad SMARTS) is 1. The van der Waals surface area contributed by atoms with Crippen molar-refractivity contribution in [2.45, 2.75) is 57.8 Å². The zero-order valence-electron chi connectivity index (χ0n) is 20.6. The van der Waals surface area contributed by atoms with Gasteiger partial charge in [0, 0.05) is 12.8 Å². The lowest BCUT2D eigenvalue weighted by atomic mass is 10.0. The number of nitrogens with two attached hydrogens (primary N) is 1. The Labute approximate surface area is 210 Å². The Hall–Kier alpha value is -3.92. The molecule has 0 spiro atoms. The number of benzene rings is 2. The first-order chi connectivity index (χ1) is 17.0. The zero-order valence-corrected chi connectivity index (χ0v) is 20.6. The molecule has 3 amide bonds. The molecule has 0 saturated carbocycles. The van der Waals surface area contributed by atoms with Crippen LogP contribution in [0, 0.1) is 5.92 Å². The van der Waals surface area contributed by atoms with E-state index in [1.807, 2.05) is 18.2 Å². The molecule has 0 aliphatic heterocycles. The molecule has 0 heterocycles. The molecule has 4 unspecified atom stereocenters. The highest BCUT2D eigenvalue weighted by atomic mass is 16.4. The monoisotopic (exact) mass is 498 g/mol. The summed E-state index contributed by atoms with van der Waals surface area (Å²) in [5.74, 6) is -3.17. The highest BCUT2D eigenvalue weighted by Gasteiger charge is 2.30. The first-order valence-corrected chi connectivity index (χ1v) is 11.7. The molecule has 0 radical (unpaired) electrons. The van der Waals surface area contributed by atoms with Gasteiger partial charge in [-0.05, 0) is 36.1 Å². The number of carbonyl (C=O) groups excluding carboxylic acids is 3. The molecule has 4 atom stereocenters. The summed E-state index contributed by atoms with van der Waals surface area (Å²) in [6.07, 6.45) is 0.185. The lowest BCUT2D eigenvalue weighted by Gasteiger charge is -2.25. The van der Waals surface area contributed by atoms with Gasteiger partial charge in [-0.15, -0.1) is 0 Å². The highest BCUT2D eigenvalue weighted by molar-refractivity contribution is 5.94. The minimum atomic E-state index is -1.23. The van der Waals surface area contributed by atoms with Crippen molar-refractivity contribution in [2.24, 2.45) is 11.7 Å². The molecular formula is C26H34N4O6. The van der Waals surface area contributed by atoms with Gasteiger partial charge in [-0.25, -0.2) is 0 Å². The summed E-state index contributed by atoms with van der Waals surface area (Å²) >= 11 is 0. The number of amides is 3. The molecule has 0 bridgehead atoms. The van der Waals surface area contributed by atoms with E-state index < -0.39 is 47.9 Å². The van der Waals surface area contributed by atoms with Crippen molar-refractivity contribution in [1.29, 1.82) is 0 Å². The van der Waals surface area contributed by atoms with Crippen LogP contribution in [0.2, 0.25) is 0 Å². The van der Waals surface area contributed by atoms with Crippen LogP contribution in [0.3, 0.4) is 0 Å². The Balaban J connectivity index is 2.28. The van der Waals surface area contributed by atoms with Gasteiger partial charge in [0.2, 0.25) is 17.7 Å². The fourth-order valence-corrected chi connectivity index (χ4v) is 3.35. The third-order valence-corrected chi connectivity index (χ3v) is 5.67. The molecule has 36 heavy (non-hydrogen) atoms. The quantitative estimate of drug-likeness (QED) is 0.250. The van der Waals surface area contributed by atoms with Crippen molar-refractivity contribution >= 4 is 23.7 Å². The molecule has 2 rings (SSSR count). The summed E-state index contributed by atoms with van der Waals surface area (Å²) in [6.45, 7) is 4.89. The SMILES string of the molecule is CC(NC(=O)C(Cc1ccc(O)cc1)NC(=O)C(Cc1ccccc1)NC(=O)C(N)C(C)C)C(=O)O. The van der Waals surface area contributed by atoms with Gasteiger partial charge in [0.25, 0.3) is 0 Å². The third kappa shape index (κ3) is 8.70. The van der Waals surface area contributed by atoms with Crippen molar-refractivity contribution in [3.8, 4) is 5.75 Å². The summed E-state index contributed by atoms with van der Waals surface area (Å²) in [7, 11) is 0. The standard InChI is InChI=1S/C26H34N4O6/c1-15(2)22(27)25(34)30-21(13-17-7-5-4-6-8-17)24(33)29-20(23(32)28-16(3)26(35)36)14-18-9-11-19(31)12-10-18/h4-12,15-16,20-22,31H,13-14,27H2,1-3H3,(H,28,32)(H,29,33)(H,30,34)(H,35,36). The maximum Gasteiger partial charge on any atom is 0.325 e. The van der Waals surface area contributed by atoms with Crippen molar-refractivity contribution < 1.29 is 29.4 Å². The van der Waals surface area contributed by atoms with Crippen LogP contribution in [-0.2, 0) is 32.0 Å². The normalized spacial score (nSPS) is 14.2. The number of rotatable bonds is 12. The second kappa shape index (κ2) is 13.2. The van der Waals surface area contributed by atoms with Gasteiger partial charge in [-0.2, -0.15) is 0 Å². The fraction of sp³-hybridized carbons (Fsp3) is 0.385. The maximum absolute atomic E-state index is 13.4. The van der Waals surface area contributed by atoms with Crippen LogP contribution in [0.15, 0.2) is 54.6 Å². The number of aromatic hydroxyl groups is 1. The van der Waals surface area contributed by atoms with Gasteiger partial charge < -0.3 is 31.9 Å². The van der Waals surface area contributed by atoms with E-state index in [9.17, 15) is 29.4 Å². The Morgan fingerprint density at radius 3 is 1.72 bits per heavy atom. The van der Waals surface area contributed by atoms with Crippen molar-refractivity contribution in [2.75, 3.05) is 0 Å². The summed E-state index contributed by atoms with van der Waals surface area (Å²) in [6, 6.07) is 10.9. The second-order valence-electron chi connectivity index (χ2n) is 9.02. The summed E-state index contributed by atoms with van der Waals surface area (Å²) < 4.78 is 0. The average Bonchev–Trinajstić information content (AvgIpc) is 2.84. The van der Waals surface area contributed by atoms with E-state index in [4.69, 9.17) is 5.73 Å². The smallest absolute Gasteiger partial charge is 0.325 e. The maximum atomic E-state index is 13.4. The molecule has 2 aromatic rings. The Kier molecular flexibility index (Phi) is 10.4. The van der Waals surface area contributed by atoms with Crippen LogP contribution in [0.4, 0.5) is 0 Å². The Morgan fingerprint density at radius 2 is 1.22 bits per heavy atom. The number of aliphatic carboxylic acids is 1. The number of carboxylic acids is 1. The van der Waals surface area contributed by atoms with Gasteiger partial charge in [0.1, 0.15) is 23.9 Å². The fourth-order valence-electron chi connectivity index (χ4n) is 3.35. The van der Waals surface area contributed by atoms with Crippen molar-refractivity contribution in [3.05, 3.63) is 65.7 Å². The first-order valence-electron chi connectivity index (χ1n) is 11.7. The van der Waals surface area contributed by atoms with Gasteiger partial charge in [0.05, 0.1) is 6.04 Å². The molecule has 194 valence electrons. The number of nitrogens with one attached hydrogen (secondary N) is 3. The number of hydrogen-bond donors (Lipinski definition) is 6. The van der Waals surface area contributed by atoms with Crippen LogP contribution < -0.4 is 21.7 Å². The predicted molar refractivity (Wildman–Crippen MR) is 134 cm³/mol. The van der Waals surface area contributed by atoms with E-state index in [1.165, 1.54) is 19.1 Å². The molecule has 10 nitrogen and oxygen atoms in total. The topological polar surface area (TPSA) is 171 Å². The van der Waals surface area contributed by atoms with Gasteiger partial charge in [-0.3, -0.25) is 19.2 Å². The van der Waals surface area contributed by atoms with Crippen LogP contribution in [0.1, 0.15) is 31.9 Å². The molecule has 0 aliphatic rings. The lowest BCUT2D eigenvalue weighted by molar-refractivity contribution is -0.141. The summed E-state index contributed by atoms with van der Waals surface area (Å²) in [5.41, 5.74) is 7.38.